The van der Waals surface area contributed by atoms with Crippen molar-refractivity contribution in [2.24, 2.45) is 0 Å². The Morgan fingerprint density at radius 2 is 1.98 bits per heavy atom. The third-order valence-electron chi connectivity index (χ3n) is 7.77. The van der Waals surface area contributed by atoms with Crippen molar-refractivity contribution >= 4 is 34.0 Å². The lowest BCUT2D eigenvalue weighted by molar-refractivity contribution is 0.0364. The van der Waals surface area contributed by atoms with Gasteiger partial charge in [-0.2, -0.15) is 4.98 Å². The van der Waals surface area contributed by atoms with Gasteiger partial charge in [-0.25, -0.2) is 9.97 Å². The maximum atomic E-state index is 14.1. The van der Waals surface area contributed by atoms with Crippen LogP contribution in [0.5, 0.6) is 5.75 Å². The SMILES string of the molecule is CN1CCC(Oc2ccc(Nc3ncc4cc(-c5nccn5-c5nncs5)c(=O)n(CCN5CCOCC5)c4n3)cc2)C1. The molecule has 5 aromatic rings. The van der Waals surface area contributed by atoms with Gasteiger partial charge in [0.25, 0.3) is 5.56 Å². The van der Waals surface area contributed by atoms with E-state index in [4.69, 9.17) is 14.5 Å². The normalized spacial score (nSPS) is 17.9. The van der Waals surface area contributed by atoms with E-state index in [1.54, 1.807) is 39.3 Å². The molecule has 0 spiro atoms. The Bertz CT molecular complexity index is 1750. The van der Waals surface area contributed by atoms with Crippen molar-refractivity contribution < 1.29 is 9.47 Å². The van der Waals surface area contributed by atoms with Gasteiger partial charge in [-0.05, 0) is 43.8 Å². The molecule has 2 saturated heterocycles. The Balaban J connectivity index is 1.20. The lowest BCUT2D eigenvalue weighted by Gasteiger charge is -2.27. The Labute approximate surface area is 251 Å². The third kappa shape index (κ3) is 5.99. The molecule has 2 fully saturated rings. The van der Waals surface area contributed by atoms with E-state index in [1.165, 1.54) is 11.3 Å². The van der Waals surface area contributed by atoms with Crippen LogP contribution in [0.1, 0.15) is 6.42 Å². The summed E-state index contributed by atoms with van der Waals surface area (Å²) in [5.41, 5.74) is 3.30. The van der Waals surface area contributed by atoms with Crippen molar-refractivity contribution in [3.63, 3.8) is 0 Å². The fourth-order valence-electron chi connectivity index (χ4n) is 5.51. The second-order valence-electron chi connectivity index (χ2n) is 10.7. The molecule has 0 bridgehead atoms. The summed E-state index contributed by atoms with van der Waals surface area (Å²) in [6, 6.07) is 9.60. The van der Waals surface area contributed by atoms with E-state index in [-0.39, 0.29) is 11.7 Å². The number of hydrogen-bond acceptors (Lipinski definition) is 12. The number of rotatable bonds is 9. The molecule has 43 heavy (non-hydrogen) atoms. The van der Waals surface area contributed by atoms with Crippen LogP contribution < -0.4 is 15.6 Å². The number of nitrogens with one attached hydrogen (secondary N) is 1. The fraction of sp³-hybridized carbons (Fsp3) is 0.379. The van der Waals surface area contributed by atoms with Gasteiger partial charge in [-0.3, -0.25) is 18.8 Å². The second-order valence-corrected chi connectivity index (χ2v) is 11.5. The van der Waals surface area contributed by atoms with E-state index < -0.39 is 0 Å². The number of imidazole rings is 1. The van der Waals surface area contributed by atoms with E-state index in [2.05, 4.69) is 42.3 Å². The second kappa shape index (κ2) is 12.2. The lowest BCUT2D eigenvalue weighted by Crippen LogP contribution is -2.39. The molecule has 4 aromatic heterocycles. The van der Waals surface area contributed by atoms with Gasteiger partial charge in [0.2, 0.25) is 11.1 Å². The number of benzene rings is 1. The number of morpholine rings is 1. The predicted molar refractivity (Wildman–Crippen MR) is 163 cm³/mol. The zero-order chi connectivity index (χ0) is 29.2. The molecular formula is C29H32N10O3S. The van der Waals surface area contributed by atoms with Crippen LogP contribution in [0.25, 0.3) is 27.6 Å². The van der Waals surface area contributed by atoms with Gasteiger partial charge >= 0.3 is 0 Å². The third-order valence-corrected chi connectivity index (χ3v) is 8.46. The maximum absolute atomic E-state index is 14.1. The summed E-state index contributed by atoms with van der Waals surface area (Å²) >= 11 is 1.37. The first kappa shape index (κ1) is 27.6. The summed E-state index contributed by atoms with van der Waals surface area (Å²) in [5.74, 6) is 1.74. The highest BCUT2D eigenvalue weighted by atomic mass is 32.1. The molecule has 2 aliphatic heterocycles. The van der Waals surface area contributed by atoms with Crippen LogP contribution in [0.4, 0.5) is 11.6 Å². The molecule has 1 N–H and O–H groups in total. The number of fused-ring (bicyclic) bond motifs is 1. The maximum Gasteiger partial charge on any atom is 0.263 e. The Morgan fingerprint density at radius 3 is 2.74 bits per heavy atom. The molecule has 0 amide bonds. The summed E-state index contributed by atoms with van der Waals surface area (Å²) < 4.78 is 15.1. The quantitative estimate of drug-likeness (QED) is 0.268. The molecule has 13 nitrogen and oxygen atoms in total. The van der Waals surface area contributed by atoms with Gasteiger partial charge in [-0.15, -0.1) is 10.2 Å². The van der Waals surface area contributed by atoms with Crippen molar-refractivity contribution in [2.75, 3.05) is 58.3 Å². The first-order chi connectivity index (χ1) is 21.1. The number of aromatic nitrogens is 7. The predicted octanol–water partition coefficient (Wildman–Crippen LogP) is 2.65. The first-order valence-corrected chi connectivity index (χ1v) is 15.2. The highest BCUT2D eigenvalue weighted by molar-refractivity contribution is 7.11. The molecule has 2 aliphatic rings. The fourth-order valence-corrected chi connectivity index (χ4v) is 6.06. The number of anilines is 2. The monoisotopic (exact) mass is 600 g/mol. The van der Waals surface area contributed by atoms with Gasteiger partial charge in [-0.1, -0.05) is 11.3 Å². The van der Waals surface area contributed by atoms with Crippen molar-refractivity contribution in [3.8, 4) is 22.3 Å². The largest absolute Gasteiger partial charge is 0.489 e. The Kier molecular flexibility index (Phi) is 7.80. The van der Waals surface area contributed by atoms with Gasteiger partial charge in [0.05, 0.1) is 18.8 Å². The van der Waals surface area contributed by atoms with Crippen molar-refractivity contribution in [1.82, 2.24) is 44.1 Å². The van der Waals surface area contributed by atoms with Crippen molar-refractivity contribution in [3.05, 3.63) is 64.8 Å². The average Bonchev–Trinajstić information content (AvgIpc) is 3.81. The summed E-state index contributed by atoms with van der Waals surface area (Å²) in [4.78, 5) is 32.6. The number of pyridine rings is 1. The molecule has 14 heteroatoms. The average molecular weight is 601 g/mol. The van der Waals surface area contributed by atoms with Crippen LogP contribution in [0.15, 0.2) is 59.2 Å². The van der Waals surface area contributed by atoms with E-state index in [9.17, 15) is 4.79 Å². The zero-order valence-corrected chi connectivity index (χ0v) is 24.6. The summed E-state index contributed by atoms with van der Waals surface area (Å²) in [5, 5.41) is 12.8. The highest BCUT2D eigenvalue weighted by Crippen LogP contribution is 2.25. The Morgan fingerprint density at radius 1 is 1.12 bits per heavy atom. The zero-order valence-electron chi connectivity index (χ0n) is 23.8. The molecule has 222 valence electrons. The van der Waals surface area contributed by atoms with Gasteiger partial charge in [0.15, 0.2) is 5.82 Å². The van der Waals surface area contributed by atoms with Crippen LogP contribution in [-0.2, 0) is 11.3 Å². The topological polar surface area (TPSA) is 128 Å². The van der Waals surface area contributed by atoms with Crippen LogP contribution in [-0.4, -0.2) is 103 Å². The van der Waals surface area contributed by atoms with Crippen molar-refractivity contribution in [1.29, 1.82) is 0 Å². The first-order valence-electron chi connectivity index (χ1n) is 14.3. The number of likely N-dealkylation sites (N-methyl/N-ethyl adjacent to an activating group) is 1. The number of ether oxygens (including phenoxy) is 2. The molecule has 0 saturated carbocycles. The molecule has 1 unspecified atom stereocenters. The van der Waals surface area contributed by atoms with Crippen LogP contribution in [0.3, 0.4) is 0 Å². The minimum absolute atomic E-state index is 0.179. The van der Waals surface area contributed by atoms with Crippen LogP contribution in [0.2, 0.25) is 0 Å². The molecule has 1 aromatic carbocycles. The molecule has 0 radical (unpaired) electrons. The van der Waals surface area contributed by atoms with Gasteiger partial charge in [0, 0.05) is 68.9 Å². The van der Waals surface area contributed by atoms with Crippen molar-refractivity contribution in [2.45, 2.75) is 19.1 Å². The Hall–Kier alpha value is -4.24. The van der Waals surface area contributed by atoms with E-state index in [0.717, 1.165) is 49.4 Å². The highest BCUT2D eigenvalue weighted by Gasteiger charge is 2.22. The summed E-state index contributed by atoms with van der Waals surface area (Å²) in [6.45, 7) is 6.16. The molecule has 0 aliphatic carbocycles. The van der Waals surface area contributed by atoms with E-state index in [0.29, 0.717) is 54.4 Å². The minimum atomic E-state index is -0.179. The van der Waals surface area contributed by atoms with Crippen LogP contribution >= 0.6 is 11.3 Å². The summed E-state index contributed by atoms with van der Waals surface area (Å²) in [7, 11) is 2.11. The number of hydrogen-bond donors (Lipinski definition) is 1. The minimum Gasteiger partial charge on any atom is -0.489 e. The number of nitrogens with zero attached hydrogens (tertiary/aromatic N) is 9. The van der Waals surface area contributed by atoms with Gasteiger partial charge in [0.1, 0.15) is 23.0 Å². The summed E-state index contributed by atoms with van der Waals surface area (Å²) in [6.07, 6.45) is 6.42. The molecule has 1 atom stereocenters. The smallest absolute Gasteiger partial charge is 0.263 e. The van der Waals surface area contributed by atoms with E-state index >= 15 is 0 Å². The molecule has 6 heterocycles. The molecular weight excluding hydrogens is 568 g/mol. The van der Waals surface area contributed by atoms with Crippen LogP contribution in [0, 0.1) is 0 Å². The van der Waals surface area contributed by atoms with Gasteiger partial charge < -0.3 is 19.7 Å². The number of likely N-dealkylation sites (tertiary alicyclic amines) is 1. The molecule has 7 rings (SSSR count). The van der Waals surface area contributed by atoms with E-state index in [1.807, 2.05) is 24.3 Å². The standard InChI is InChI=1S/C29H32N10O3S/c1-36-8-6-23(18-36)42-22-4-2-21(3-5-22)33-28-31-17-20-16-24(26-30-7-9-39(26)29-35-32-19-43-29)27(40)38(25(20)34-28)11-10-37-12-14-41-15-13-37/h2-5,7,9,16-17,19,23H,6,8,10-15,18H2,1H3,(H,31,33,34). The lowest BCUT2D eigenvalue weighted by atomic mass is 10.2.